The number of ether oxygens (including phenoxy) is 3. The molecule has 2 rings (SSSR count). The van der Waals surface area contributed by atoms with Gasteiger partial charge in [0.1, 0.15) is 11.4 Å². The molecule has 0 aliphatic carbocycles. The number of hydrogen-bond donors (Lipinski definition) is 0. The van der Waals surface area contributed by atoms with Crippen LogP contribution in [0.4, 0.5) is 0 Å². The average molecular weight is 311 g/mol. The maximum atomic E-state index is 11.7. The van der Waals surface area contributed by atoms with Gasteiger partial charge in [0.15, 0.2) is 0 Å². The van der Waals surface area contributed by atoms with Gasteiger partial charge in [0.2, 0.25) is 0 Å². The molecule has 0 aliphatic rings. The van der Waals surface area contributed by atoms with E-state index in [0.29, 0.717) is 17.9 Å². The van der Waals surface area contributed by atoms with Gasteiger partial charge in [0.05, 0.1) is 26.5 Å². The van der Waals surface area contributed by atoms with E-state index in [4.69, 9.17) is 14.2 Å². The molecule has 0 bridgehead atoms. The maximum absolute atomic E-state index is 11.7. The summed E-state index contributed by atoms with van der Waals surface area (Å²) in [4.78, 5) is 15.9. The van der Waals surface area contributed by atoms with E-state index in [0.717, 1.165) is 11.3 Å². The van der Waals surface area contributed by atoms with Crippen molar-refractivity contribution in [2.45, 2.75) is 6.61 Å². The summed E-state index contributed by atoms with van der Waals surface area (Å²) >= 11 is 0. The number of hydrogen-bond acceptors (Lipinski definition) is 5. The van der Waals surface area contributed by atoms with Crippen LogP contribution in [-0.4, -0.2) is 32.3 Å². The number of carbonyl (C=O) groups excluding carboxylic acids is 1. The van der Waals surface area contributed by atoms with Crippen LogP contribution >= 0.6 is 0 Å². The quantitative estimate of drug-likeness (QED) is 0.641. The smallest absolute Gasteiger partial charge is 0.356 e. The molecule has 0 spiro atoms. The highest BCUT2D eigenvalue weighted by Crippen LogP contribution is 2.11. The van der Waals surface area contributed by atoms with Crippen molar-refractivity contribution >= 4 is 5.97 Å². The molecule has 0 fully saturated rings. The Balaban J connectivity index is 2.32. The summed E-state index contributed by atoms with van der Waals surface area (Å²) in [6, 6.07) is 10.8. The van der Waals surface area contributed by atoms with Crippen molar-refractivity contribution < 1.29 is 19.0 Å². The lowest BCUT2D eigenvalue weighted by molar-refractivity contribution is 0.0593. The van der Waals surface area contributed by atoms with Gasteiger partial charge in [-0.25, -0.2) is 9.78 Å². The number of nitrogens with zero attached hydrogens (tertiary/aromatic N) is 1. The van der Waals surface area contributed by atoms with Crippen LogP contribution in [0.5, 0.6) is 5.75 Å². The lowest BCUT2D eigenvalue weighted by atomic mass is 10.1. The summed E-state index contributed by atoms with van der Waals surface area (Å²) in [6.07, 6.45) is 0. The van der Waals surface area contributed by atoms with Crippen LogP contribution in [0.3, 0.4) is 0 Å². The minimum absolute atomic E-state index is 0.209. The molecule has 118 valence electrons. The van der Waals surface area contributed by atoms with E-state index in [1.807, 2.05) is 24.3 Å². The molecule has 0 atom stereocenters. The Morgan fingerprint density at radius 3 is 2.35 bits per heavy atom. The van der Waals surface area contributed by atoms with Crippen LogP contribution in [0.1, 0.15) is 27.3 Å². The van der Waals surface area contributed by atoms with E-state index in [2.05, 4.69) is 16.8 Å². The van der Waals surface area contributed by atoms with Crippen molar-refractivity contribution in [3.05, 3.63) is 58.9 Å². The van der Waals surface area contributed by atoms with Crippen molar-refractivity contribution in [3.63, 3.8) is 0 Å². The molecule has 1 aromatic carbocycles. The summed E-state index contributed by atoms with van der Waals surface area (Å²) in [6.45, 7) is 0.294. The number of pyridine rings is 1. The number of methoxy groups -OCH3 is 3. The molecular formula is C18H17NO4. The van der Waals surface area contributed by atoms with Gasteiger partial charge < -0.3 is 14.2 Å². The second-order valence-electron chi connectivity index (χ2n) is 4.64. The minimum Gasteiger partial charge on any atom is -0.497 e. The molecule has 5 heteroatoms. The highest BCUT2D eigenvalue weighted by Gasteiger charge is 2.10. The van der Waals surface area contributed by atoms with E-state index >= 15 is 0 Å². The van der Waals surface area contributed by atoms with E-state index in [1.165, 1.54) is 7.11 Å². The van der Waals surface area contributed by atoms with Crippen molar-refractivity contribution in [2.75, 3.05) is 21.3 Å². The molecular weight excluding hydrogens is 294 g/mol. The molecule has 0 saturated heterocycles. The van der Waals surface area contributed by atoms with Gasteiger partial charge in [0.25, 0.3) is 0 Å². The molecule has 1 heterocycles. The highest BCUT2D eigenvalue weighted by molar-refractivity contribution is 5.87. The molecule has 0 radical (unpaired) electrons. The predicted molar refractivity (Wildman–Crippen MR) is 85.3 cm³/mol. The lowest BCUT2D eigenvalue weighted by Gasteiger charge is -2.04. The predicted octanol–water partition coefficient (Wildman–Crippen LogP) is 2.42. The topological polar surface area (TPSA) is 57.7 Å². The Hall–Kier alpha value is -2.84. The van der Waals surface area contributed by atoms with Gasteiger partial charge in [-0.1, -0.05) is 11.8 Å². The van der Waals surface area contributed by atoms with E-state index in [1.54, 1.807) is 26.4 Å². The fourth-order valence-corrected chi connectivity index (χ4v) is 1.91. The zero-order chi connectivity index (χ0) is 16.7. The highest BCUT2D eigenvalue weighted by atomic mass is 16.5. The molecule has 1 aromatic heterocycles. The third kappa shape index (κ3) is 4.56. The number of rotatable bonds is 4. The lowest BCUT2D eigenvalue weighted by Crippen LogP contribution is -2.07. The summed E-state index contributed by atoms with van der Waals surface area (Å²) in [5.41, 5.74) is 2.34. The van der Waals surface area contributed by atoms with Gasteiger partial charge in [-0.05, 0) is 36.4 Å². The van der Waals surface area contributed by atoms with Gasteiger partial charge in [-0.15, -0.1) is 0 Å². The first-order valence-electron chi connectivity index (χ1n) is 6.90. The Morgan fingerprint density at radius 2 is 1.74 bits per heavy atom. The van der Waals surface area contributed by atoms with Crippen LogP contribution in [-0.2, 0) is 16.1 Å². The fourth-order valence-electron chi connectivity index (χ4n) is 1.91. The number of aromatic nitrogens is 1. The second-order valence-corrected chi connectivity index (χ2v) is 4.64. The van der Waals surface area contributed by atoms with E-state index < -0.39 is 5.97 Å². The molecule has 0 N–H and O–H groups in total. The monoisotopic (exact) mass is 311 g/mol. The summed E-state index contributed by atoms with van der Waals surface area (Å²) in [7, 11) is 4.49. The number of benzene rings is 1. The zero-order valence-corrected chi connectivity index (χ0v) is 13.3. The first-order valence-corrected chi connectivity index (χ1v) is 6.90. The van der Waals surface area contributed by atoms with Crippen molar-refractivity contribution in [3.8, 4) is 17.6 Å². The first kappa shape index (κ1) is 16.5. The van der Waals surface area contributed by atoms with Crippen LogP contribution < -0.4 is 4.74 Å². The van der Waals surface area contributed by atoms with Gasteiger partial charge in [-0.2, -0.15) is 0 Å². The summed E-state index contributed by atoms with van der Waals surface area (Å²) < 4.78 is 14.9. The van der Waals surface area contributed by atoms with Gasteiger partial charge in [0, 0.05) is 18.2 Å². The zero-order valence-electron chi connectivity index (χ0n) is 13.3. The van der Waals surface area contributed by atoms with Gasteiger partial charge in [-0.3, -0.25) is 0 Å². The maximum Gasteiger partial charge on any atom is 0.356 e. The average Bonchev–Trinajstić information content (AvgIpc) is 2.59. The van der Waals surface area contributed by atoms with E-state index in [-0.39, 0.29) is 5.69 Å². The Kier molecular flexibility index (Phi) is 5.73. The Morgan fingerprint density at radius 1 is 1.04 bits per heavy atom. The molecule has 5 nitrogen and oxygen atoms in total. The van der Waals surface area contributed by atoms with Crippen molar-refractivity contribution in [2.24, 2.45) is 0 Å². The number of esters is 1. The van der Waals surface area contributed by atoms with Crippen LogP contribution in [0.15, 0.2) is 36.4 Å². The summed E-state index contributed by atoms with van der Waals surface area (Å²) in [5, 5.41) is 0. The van der Waals surface area contributed by atoms with Crippen molar-refractivity contribution in [1.29, 1.82) is 0 Å². The fraction of sp³-hybridized carbons (Fsp3) is 0.222. The van der Waals surface area contributed by atoms with Gasteiger partial charge >= 0.3 is 5.97 Å². The number of carbonyl (C=O) groups is 1. The first-order chi connectivity index (χ1) is 11.2. The largest absolute Gasteiger partial charge is 0.497 e. The summed E-state index contributed by atoms with van der Waals surface area (Å²) in [5.74, 6) is 6.33. The normalized spacial score (nSPS) is 9.70. The second kappa shape index (κ2) is 7.97. The van der Waals surface area contributed by atoms with Crippen LogP contribution in [0, 0.1) is 11.8 Å². The van der Waals surface area contributed by atoms with Crippen LogP contribution in [0.25, 0.3) is 0 Å². The molecule has 23 heavy (non-hydrogen) atoms. The minimum atomic E-state index is -0.504. The third-order valence-electron chi connectivity index (χ3n) is 3.01. The SMILES string of the molecule is COCc1cc(C#Cc2ccc(OC)cc2)cc(C(=O)OC)n1. The molecule has 0 amide bonds. The molecule has 2 aromatic rings. The molecule has 0 saturated carbocycles. The third-order valence-corrected chi connectivity index (χ3v) is 3.01. The standard InChI is InChI=1S/C18H17NO4/c1-21-12-15-10-14(11-17(19-15)18(20)23-3)5-4-13-6-8-16(22-2)9-7-13/h6-11H,12H2,1-3H3. The Bertz CT molecular complexity index is 742. The van der Waals surface area contributed by atoms with E-state index in [9.17, 15) is 4.79 Å². The van der Waals surface area contributed by atoms with Crippen molar-refractivity contribution in [1.82, 2.24) is 4.98 Å². The Labute approximate surface area is 135 Å². The molecule has 0 aliphatic heterocycles. The molecule has 0 unspecified atom stereocenters. The van der Waals surface area contributed by atoms with Crippen LogP contribution in [0.2, 0.25) is 0 Å².